The summed E-state index contributed by atoms with van der Waals surface area (Å²) in [4.78, 5) is 37.6. The molecule has 178 valence electrons. The molecular weight excluding hydrogens is 448 g/mol. The lowest BCUT2D eigenvalue weighted by molar-refractivity contribution is -0.384. The number of hydrogen-bond donors (Lipinski definition) is 1. The number of carbonyl (C=O) groups is 2. The lowest BCUT2D eigenvalue weighted by atomic mass is 10.1. The van der Waals surface area contributed by atoms with Crippen molar-refractivity contribution >= 4 is 33.2 Å². The van der Waals surface area contributed by atoms with Gasteiger partial charge in [0.15, 0.2) is 0 Å². The van der Waals surface area contributed by atoms with Gasteiger partial charge in [-0.3, -0.25) is 24.0 Å². The predicted octanol–water partition coefficient (Wildman–Crippen LogP) is 2.14. The smallest absolute Gasteiger partial charge is 0.271 e. The van der Waals surface area contributed by atoms with Crippen molar-refractivity contribution in [1.29, 1.82) is 0 Å². The Morgan fingerprint density at radius 1 is 1.12 bits per heavy atom. The molecule has 11 heteroatoms. The van der Waals surface area contributed by atoms with E-state index in [2.05, 4.69) is 5.32 Å². The Balaban J connectivity index is 2.49. The van der Waals surface area contributed by atoms with E-state index in [-0.39, 0.29) is 17.9 Å². The van der Waals surface area contributed by atoms with Gasteiger partial charge < -0.3 is 10.2 Å². The monoisotopic (exact) mass is 476 g/mol. The maximum atomic E-state index is 13.4. The maximum Gasteiger partial charge on any atom is 0.271 e. The van der Waals surface area contributed by atoms with Crippen LogP contribution in [0.4, 0.5) is 11.4 Å². The van der Waals surface area contributed by atoms with Gasteiger partial charge in [0, 0.05) is 25.7 Å². The zero-order valence-corrected chi connectivity index (χ0v) is 20.0. The van der Waals surface area contributed by atoms with Crippen LogP contribution in [-0.2, 0) is 26.2 Å². The van der Waals surface area contributed by atoms with Crippen LogP contribution >= 0.6 is 0 Å². The number of carbonyl (C=O) groups excluding carboxylic acids is 2. The van der Waals surface area contributed by atoms with E-state index < -0.39 is 39.3 Å². The summed E-state index contributed by atoms with van der Waals surface area (Å²) in [5, 5.41) is 13.7. The number of sulfonamides is 1. The molecule has 0 unspecified atom stereocenters. The Kier molecular flexibility index (Phi) is 8.15. The van der Waals surface area contributed by atoms with Gasteiger partial charge in [-0.1, -0.05) is 30.3 Å². The highest BCUT2D eigenvalue weighted by Gasteiger charge is 2.31. The highest BCUT2D eigenvalue weighted by atomic mass is 32.2. The molecule has 0 heterocycles. The van der Waals surface area contributed by atoms with E-state index >= 15 is 0 Å². The van der Waals surface area contributed by atoms with E-state index in [1.165, 1.54) is 24.1 Å². The molecule has 2 amide bonds. The number of nitrogens with one attached hydrogen (secondary N) is 1. The van der Waals surface area contributed by atoms with Gasteiger partial charge >= 0.3 is 0 Å². The van der Waals surface area contributed by atoms with Crippen LogP contribution in [0.15, 0.2) is 42.5 Å². The summed E-state index contributed by atoms with van der Waals surface area (Å²) in [6.45, 7) is 4.50. The zero-order valence-electron chi connectivity index (χ0n) is 19.2. The summed E-state index contributed by atoms with van der Waals surface area (Å²) in [6.07, 6.45) is 0.923. The third-order valence-electron chi connectivity index (χ3n) is 5.37. The Bertz CT molecular complexity index is 1170. The summed E-state index contributed by atoms with van der Waals surface area (Å²) in [7, 11) is -2.53. The molecule has 2 aromatic carbocycles. The highest BCUT2D eigenvalue weighted by Crippen LogP contribution is 2.28. The van der Waals surface area contributed by atoms with Gasteiger partial charge in [0.2, 0.25) is 21.8 Å². The normalized spacial score (nSPS) is 12.0. The Labute approximate surface area is 193 Å². The molecule has 1 N–H and O–H groups in total. The van der Waals surface area contributed by atoms with Gasteiger partial charge in [0.25, 0.3) is 5.69 Å². The molecule has 0 bridgehead atoms. The number of non-ortho nitro benzene ring substituents is 1. The third-order valence-corrected chi connectivity index (χ3v) is 6.49. The van der Waals surface area contributed by atoms with Crippen LogP contribution in [0.3, 0.4) is 0 Å². The number of rotatable bonds is 9. The number of nitro groups is 1. The minimum absolute atomic E-state index is 0.0310. The van der Waals surface area contributed by atoms with Gasteiger partial charge in [-0.25, -0.2) is 8.42 Å². The summed E-state index contributed by atoms with van der Waals surface area (Å²) in [5.41, 5.74) is 1.90. The number of nitrogens with zero attached hydrogens (tertiary/aromatic N) is 3. The van der Waals surface area contributed by atoms with Crippen LogP contribution in [0.1, 0.15) is 23.6 Å². The number of aryl methyl sites for hydroxylation is 2. The summed E-state index contributed by atoms with van der Waals surface area (Å²) >= 11 is 0. The van der Waals surface area contributed by atoms with Crippen molar-refractivity contribution in [1.82, 2.24) is 10.2 Å². The molecule has 2 rings (SSSR count). The van der Waals surface area contributed by atoms with E-state index in [4.69, 9.17) is 0 Å². The first-order valence-electron chi connectivity index (χ1n) is 10.1. The molecule has 0 aromatic heterocycles. The summed E-state index contributed by atoms with van der Waals surface area (Å²) < 4.78 is 26.0. The number of hydrogen-bond acceptors (Lipinski definition) is 6. The van der Waals surface area contributed by atoms with Gasteiger partial charge in [-0.2, -0.15) is 0 Å². The molecule has 0 aliphatic carbocycles. The molecule has 0 aliphatic heterocycles. The number of amides is 2. The number of likely N-dealkylation sites (N-methyl/N-ethyl adjacent to an activating group) is 1. The SMILES string of the molecule is CNC(=O)[C@@H](C)N(Cc1ccccc1C)C(=O)CN(c1cc([N+](=O)[O-])ccc1C)S(C)(=O)=O. The second-order valence-corrected chi connectivity index (χ2v) is 9.64. The minimum Gasteiger partial charge on any atom is -0.357 e. The van der Waals surface area contributed by atoms with Gasteiger partial charge in [-0.15, -0.1) is 0 Å². The van der Waals surface area contributed by atoms with Crippen LogP contribution < -0.4 is 9.62 Å². The second-order valence-electron chi connectivity index (χ2n) is 7.74. The van der Waals surface area contributed by atoms with Crippen LogP contribution in [0.5, 0.6) is 0 Å². The van der Waals surface area contributed by atoms with Crippen LogP contribution in [0.2, 0.25) is 0 Å². The van der Waals surface area contributed by atoms with Crippen molar-refractivity contribution in [2.24, 2.45) is 0 Å². The fourth-order valence-electron chi connectivity index (χ4n) is 3.34. The van der Waals surface area contributed by atoms with Crippen molar-refractivity contribution in [3.05, 3.63) is 69.3 Å². The first-order chi connectivity index (χ1) is 15.4. The third kappa shape index (κ3) is 6.28. The highest BCUT2D eigenvalue weighted by molar-refractivity contribution is 7.92. The summed E-state index contributed by atoms with van der Waals surface area (Å²) in [6, 6.07) is 10.3. The topological polar surface area (TPSA) is 130 Å². The van der Waals surface area contributed by atoms with Crippen LogP contribution in [0, 0.1) is 24.0 Å². The molecular formula is C22H28N4O6S. The molecule has 0 saturated heterocycles. The van der Waals surface area contributed by atoms with Crippen molar-refractivity contribution in [3.63, 3.8) is 0 Å². The molecule has 0 aliphatic rings. The molecule has 2 aromatic rings. The number of anilines is 1. The van der Waals surface area contributed by atoms with Crippen molar-refractivity contribution in [2.75, 3.05) is 24.2 Å². The molecule has 0 fully saturated rings. The Morgan fingerprint density at radius 2 is 1.76 bits per heavy atom. The van der Waals surface area contributed by atoms with E-state index in [9.17, 15) is 28.1 Å². The van der Waals surface area contributed by atoms with Crippen molar-refractivity contribution < 1.29 is 22.9 Å². The lowest BCUT2D eigenvalue weighted by Crippen LogP contribution is -2.50. The predicted molar refractivity (Wildman–Crippen MR) is 125 cm³/mol. The Morgan fingerprint density at radius 3 is 2.30 bits per heavy atom. The fourth-order valence-corrected chi connectivity index (χ4v) is 4.24. The van der Waals surface area contributed by atoms with E-state index in [1.807, 2.05) is 31.2 Å². The van der Waals surface area contributed by atoms with E-state index in [0.717, 1.165) is 27.8 Å². The van der Waals surface area contributed by atoms with Gasteiger partial charge in [-0.05, 0) is 37.5 Å². The average Bonchev–Trinajstić information content (AvgIpc) is 2.75. The van der Waals surface area contributed by atoms with Crippen LogP contribution in [0.25, 0.3) is 0 Å². The average molecular weight is 477 g/mol. The van der Waals surface area contributed by atoms with E-state index in [0.29, 0.717) is 5.56 Å². The van der Waals surface area contributed by atoms with Gasteiger partial charge in [0.05, 0.1) is 16.9 Å². The van der Waals surface area contributed by atoms with Crippen molar-refractivity contribution in [2.45, 2.75) is 33.4 Å². The van der Waals surface area contributed by atoms with Crippen molar-refractivity contribution in [3.8, 4) is 0 Å². The number of nitro benzene ring substituents is 1. The molecule has 0 radical (unpaired) electrons. The minimum atomic E-state index is -3.98. The molecule has 0 saturated carbocycles. The molecule has 10 nitrogen and oxygen atoms in total. The molecule has 0 spiro atoms. The number of benzene rings is 2. The lowest BCUT2D eigenvalue weighted by Gasteiger charge is -2.32. The van der Waals surface area contributed by atoms with Gasteiger partial charge in [0.1, 0.15) is 12.6 Å². The molecule has 1 atom stereocenters. The summed E-state index contributed by atoms with van der Waals surface area (Å²) in [5.74, 6) is -1.03. The molecule has 33 heavy (non-hydrogen) atoms. The standard InChI is InChI=1S/C22H28N4O6S/c1-15-8-6-7-9-18(15)13-24(17(3)22(28)23-4)21(27)14-25(33(5,31)32)20-12-19(26(29)30)11-10-16(20)2/h6-12,17H,13-14H2,1-5H3,(H,23,28)/t17-/m1/s1. The largest absolute Gasteiger partial charge is 0.357 e. The van der Waals surface area contributed by atoms with Crippen LogP contribution in [-0.4, -0.2) is 55.9 Å². The maximum absolute atomic E-state index is 13.4. The second kappa shape index (κ2) is 10.4. The first-order valence-corrected chi connectivity index (χ1v) is 12.0. The zero-order chi connectivity index (χ0) is 24.9. The fraction of sp³-hybridized carbons (Fsp3) is 0.364. The quantitative estimate of drug-likeness (QED) is 0.436. The van der Waals surface area contributed by atoms with E-state index in [1.54, 1.807) is 13.8 Å². The first kappa shape index (κ1) is 25.8. The Hall–Kier alpha value is -3.47.